The van der Waals surface area contributed by atoms with Crippen LogP contribution < -0.4 is 9.47 Å². The van der Waals surface area contributed by atoms with E-state index in [0.29, 0.717) is 11.6 Å². The maximum Gasteiger partial charge on any atom is 0.133 e. The van der Waals surface area contributed by atoms with Crippen LogP contribution in [0, 0.1) is 0 Å². The van der Waals surface area contributed by atoms with Gasteiger partial charge in [0, 0.05) is 5.02 Å². The Morgan fingerprint density at radius 1 is 1.11 bits per heavy atom. The second-order valence-corrected chi connectivity index (χ2v) is 5.00. The van der Waals surface area contributed by atoms with Crippen LogP contribution in [0.5, 0.6) is 11.5 Å². The molecule has 0 fully saturated rings. The molecule has 0 aliphatic rings. The number of halogens is 2. The fraction of sp³-hybridized carbons (Fsp3) is 0.143. The number of ether oxygens (including phenoxy) is 2. The van der Waals surface area contributed by atoms with Crippen molar-refractivity contribution in [2.24, 2.45) is 0 Å². The highest BCUT2D eigenvalue weighted by molar-refractivity contribution is 9.10. The van der Waals surface area contributed by atoms with Gasteiger partial charge in [-0.25, -0.2) is 0 Å². The summed E-state index contributed by atoms with van der Waals surface area (Å²) in [5.41, 5.74) is 1.07. The Morgan fingerprint density at radius 3 is 2.44 bits per heavy atom. The van der Waals surface area contributed by atoms with Crippen molar-refractivity contribution >= 4 is 27.5 Å². The molecule has 0 aliphatic heterocycles. The summed E-state index contributed by atoms with van der Waals surface area (Å²) in [5.74, 6) is 1.61. The lowest BCUT2D eigenvalue weighted by Gasteiger charge is -2.08. The number of hydrogen-bond acceptors (Lipinski definition) is 2. The van der Waals surface area contributed by atoms with Crippen LogP contribution in [0.3, 0.4) is 0 Å². The molecule has 0 atom stereocenters. The number of rotatable bonds is 4. The van der Waals surface area contributed by atoms with E-state index in [-0.39, 0.29) is 0 Å². The van der Waals surface area contributed by atoms with Gasteiger partial charge in [0.1, 0.15) is 18.1 Å². The minimum Gasteiger partial charge on any atom is -0.496 e. The van der Waals surface area contributed by atoms with Crippen LogP contribution in [-0.4, -0.2) is 7.11 Å². The summed E-state index contributed by atoms with van der Waals surface area (Å²) in [6, 6.07) is 13.2. The molecule has 0 heterocycles. The van der Waals surface area contributed by atoms with E-state index in [1.807, 2.05) is 30.3 Å². The average molecular weight is 328 g/mol. The molecule has 0 N–H and O–H groups in total. The lowest BCUT2D eigenvalue weighted by molar-refractivity contribution is 0.306. The van der Waals surface area contributed by atoms with Crippen molar-refractivity contribution in [1.29, 1.82) is 0 Å². The molecule has 0 bridgehead atoms. The van der Waals surface area contributed by atoms with Crippen LogP contribution in [0.15, 0.2) is 46.9 Å². The SMILES string of the molecule is COc1ccc(COc2ccc(Cl)cc2)cc1Br. The van der Waals surface area contributed by atoms with Crippen LogP contribution in [0.2, 0.25) is 5.02 Å². The number of benzene rings is 2. The summed E-state index contributed by atoms with van der Waals surface area (Å²) in [6.07, 6.45) is 0. The Balaban J connectivity index is 2.02. The van der Waals surface area contributed by atoms with E-state index >= 15 is 0 Å². The molecule has 2 aromatic rings. The van der Waals surface area contributed by atoms with E-state index < -0.39 is 0 Å². The zero-order valence-corrected chi connectivity index (χ0v) is 12.2. The van der Waals surface area contributed by atoms with E-state index in [4.69, 9.17) is 21.1 Å². The maximum atomic E-state index is 5.81. The first-order valence-electron chi connectivity index (χ1n) is 5.40. The van der Waals surface area contributed by atoms with E-state index in [1.54, 1.807) is 19.2 Å². The fourth-order valence-corrected chi connectivity index (χ4v) is 2.21. The zero-order chi connectivity index (χ0) is 13.0. The smallest absolute Gasteiger partial charge is 0.133 e. The molecule has 94 valence electrons. The van der Waals surface area contributed by atoms with E-state index in [2.05, 4.69) is 15.9 Å². The zero-order valence-electron chi connectivity index (χ0n) is 9.82. The van der Waals surface area contributed by atoms with Crippen molar-refractivity contribution in [3.05, 3.63) is 57.5 Å². The highest BCUT2D eigenvalue weighted by atomic mass is 79.9. The Morgan fingerprint density at radius 2 is 1.83 bits per heavy atom. The second-order valence-electron chi connectivity index (χ2n) is 3.71. The van der Waals surface area contributed by atoms with Gasteiger partial charge >= 0.3 is 0 Å². The predicted octanol–water partition coefficient (Wildman–Crippen LogP) is 4.69. The lowest BCUT2D eigenvalue weighted by atomic mass is 10.2. The molecule has 0 spiro atoms. The Hall–Kier alpha value is -1.19. The van der Waals surface area contributed by atoms with Crippen molar-refractivity contribution in [2.45, 2.75) is 6.61 Å². The lowest BCUT2D eigenvalue weighted by Crippen LogP contribution is -1.96. The molecule has 0 radical (unpaired) electrons. The first kappa shape index (κ1) is 13.2. The Labute approximate surface area is 120 Å². The number of hydrogen-bond donors (Lipinski definition) is 0. The minimum atomic E-state index is 0.504. The highest BCUT2D eigenvalue weighted by Crippen LogP contribution is 2.26. The van der Waals surface area contributed by atoms with E-state index in [1.165, 1.54) is 0 Å². The summed E-state index contributed by atoms with van der Waals surface area (Å²) < 4.78 is 11.7. The fourth-order valence-electron chi connectivity index (χ4n) is 1.50. The van der Waals surface area contributed by atoms with Crippen molar-refractivity contribution < 1.29 is 9.47 Å². The summed E-state index contributed by atoms with van der Waals surface area (Å²) in [5, 5.41) is 0.703. The standard InChI is InChI=1S/C14H12BrClO2/c1-17-14-7-2-10(8-13(14)15)9-18-12-5-3-11(16)4-6-12/h2-8H,9H2,1H3. The molecule has 4 heteroatoms. The van der Waals surface area contributed by atoms with Gasteiger partial charge in [0.2, 0.25) is 0 Å². The van der Waals surface area contributed by atoms with Gasteiger partial charge in [-0.3, -0.25) is 0 Å². The maximum absolute atomic E-state index is 5.81. The Kier molecular flexibility index (Phi) is 4.50. The van der Waals surface area contributed by atoms with E-state index in [0.717, 1.165) is 21.5 Å². The minimum absolute atomic E-state index is 0.504. The van der Waals surface area contributed by atoms with Crippen molar-refractivity contribution in [3.8, 4) is 11.5 Å². The Bertz CT molecular complexity index is 526. The van der Waals surface area contributed by atoms with Gasteiger partial charge < -0.3 is 9.47 Å². The summed E-state index contributed by atoms with van der Waals surface area (Å²) in [4.78, 5) is 0. The average Bonchev–Trinajstić information content (AvgIpc) is 2.38. The van der Waals surface area contributed by atoms with Crippen molar-refractivity contribution in [3.63, 3.8) is 0 Å². The molecule has 0 saturated heterocycles. The third-order valence-corrected chi connectivity index (χ3v) is 3.31. The first-order valence-corrected chi connectivity index (χ1v) is 6.57. The third-order valence-electron chi connectivity index (χ3n) is 2.44. The van der Waals surface area contributed by atoms with Crippen LogP contribution >= 0.6 is 27.5 Å². The summed E-state index contributed by atoms with van der Waals surface area (Å²) in [7, 11) is 1.64. The van der Waals surface area contributed by atoms with Gasteiger partial charge in [-0.15, -0.1) is 0 Å². The van der Waals surface area contributed by atoms with Crippen molar-refractivity contribution in [1.82, 2.24) is 0 Å². The van der Waals surface area contributed by atoms with Gasteiger partial charge in [-0.2, -0.15) is 0 Å². The summed E-state index contributed by atoms with van der Waals surface area (Å²) in [6.45, 7) is 0.504. The van der Waals surface area contributed by atoms with Crippen LogP contribution in [0.4, 0.5) is 0 Å². The van der Waals surface area contributed by atoms with Gasteiger partial charge in [0.25, 0.3) is 0 Å². The number of methoxy groups -OCH3 is 1. The molecule has 2 nitrogen and oxygen atoms in total. The molecule has 2 rings (SSSR count). The van der Waals surface area contributed by atoms with Crippen LogP contribution in [0.1, 0.15) is 5.56 Å². The molecule has 0 saturated carbocycles. The van der Waals surface area contributed by atoms with E-state index in [9.17, 15) is 0 Å². The molecule has 18 heavy (non-hydrogen) atoms. The third kappa shape index (κ3) is 3.40. The molecular formula is C14H12BrClO2. The topological polar surface area (TPSA) is 18.5 Å². The monoisotopic (exact) mass is 326 g/mol. The molecule has 0 unspecified atom stereocenters. The first-order chi connectivity index (χ1) is 8.69. The quantitative estimate of drug-likeness (QED) is 0.811. The van der Waals surface area contributed by atoms with Gasteiger partial charge in [0.15, 0.2) is 0 Å². The van der Waals surface area contributed by atoms with Crippen LogP contribution in [-0.2, 0) is 6.61 Å². The second kappa shape index (κ2) is 6.12. The van der Waals surface area contributed by atoms with Gasteiger partial charge in [-0.05, 0) is 57.9 Å². The van der Waals surface area contributed by atoms with Crippen LogP contribution in [0.25, 0.3) is 0 Å². The van der Waals surface area contributed by atoms with Gasteiger partial charge in [0.05, 0.1) is 11.6 Å². The largest absolute Gasteiger partial charge is 0.496 e. The molecular weight excluding hydrogens is 316 g/mol. The molecule has 0 aliphatic carbocycles. The van der Waals surface area contributed by atoms with Crippen molar-refractivity contribution in [2.75, 3.05) is 7.11 Å². The van der Waals surface area contributed by atoms with Gasteiger partial charge in [-0.1, -0.05) is 17.7 Å². The predicted molar refractivity (Wildman–Crippen MR) is 76.5 cm³/mol. The molecule has 0 amide bonds. The molecule has 2 aromatic carbocycles. The molecule has 0 aromatic heterocycles. The summed E-state index contributed by atoms with van der Waals surface area (Å²) >= 11 is 9.25. The normalized spacial score (nSPS) is 10.2. The highest BCUT2D eigenvalue weighted by Gasteiger charge is 2.02.